The maximum Gasteiger partial charge on any atom is 0.00499 e. The van der Waals surface area contributed by atoms with Crippen molar-refractivity contribution < 1.29 is 0 Å². The Morgan fingerprint density at radius 2 is 1.74 bits per heavy atom. The van der Waals surface area contributed by atoms with E-state index in [4.69, 9.17) is 0 Å². The second-order valence-electron chi connectivity index (χ2n) is 6.72. The van der Waals surface area contributed by atoms with Crippen LogP contribution in [-0.4, -0.2) is 63.7 Å². The summed E-state index contributed by atoms with van der Waals surface area (Å²) in [6, 6.07) is 0. The summed E-state index contributed by atoms with van der Waals surface area (Å²) in [6.45, 7) is 11.0. The third-order valence-corrected chi connectivity index (χ3v) is 4.94. The second-order valence-corrected chi connectivity index (χ2v) is 6.72. The minimum atomic E-state index is 0.475. The van der Waals surface area contributed by atoms with E-state index in [0.29, 0.717) is 5.41 Å². The van der Waals surface area contributed by atoms with Gasteiger partial charge in [-0.2, -0.15) is 0 Å². The van der Waals surface area contributed by atoms with Gasteiger partial charge in [-0.05, 0) is 71.2 Å². The predicted molar refractivity (Wildman–Crippen MR) is 84.7 cm³/mol. The fourth-order valence-electron chi connectivity index (χ4n) is 3.47. The summed E-state index contributed by atoms with van der Waals surface area (Å²) in [6.07, 6.45) is 5.31. The molecule has 0 spiro atoms. The summed E-state index contributed by atoms with van der Waals surface area (Å²) in [7, 11) is 6.47. The molecule has 1 fully saturated rings. The van der Waals surface area contributed by atoms with Crippen LogP contribution in [0.4, 0.5) is 0 Å². The van der Waals surface area contributed by atoms with Gasteiger partial charge in [0, 0.05) is 19.6 Å². The summed E-state index contributed by atoms with van der Waals surface area (Å²) in [5.41, 5.74) is 0.475. The fourth-order valence-corrected chi connectivity index (χ4v) is 3.47. The van der Waals surface area contributed by atoms with Crippen LogP contribution in [0.25, 0.3) is 0 Å². The molecule has 114 valence electrons. The molecule has 19 heavy (non-hydrogen) atoms. The van der Waals surface area contributed by atoms with Crippen LogP contribution >= 0.6 is 0 Å². The molecule has 1 heterocycles. The maximum absolute atomic E-state index is 3.40. The van der Waals surface area contributed by atoms with Gasteiger partial charge in [0.2, 0.25) is 0 Å². The average Bonchev–Trinajstić information content (AvgIpc) is 2.40. The highest BCUT2D eigenvalue weighted by molar-refractivity contribution is 4.84. The van der Waals surface area contributed by atoms with Gasteiger partial charge in [-0.25, -0.2) is 0 Å². The first-order valence-electron chi connectivity index (χ1n) is 8.07. The molecule has 0 aromatic heterocycles. The molecular formula is C16H35N3. The Kier molecular flexibility index (Phi) is 7.33. The molecule has 1 rings (SSSR count). The number of hydrogen-bond donors (Lipinski definition) is 1. The molecule has 0 aliphatic carbocycles. The molecule has 1 aliphatic rings. The van der Waals surface area contributed by atoms with Crippen LogP contribution in [0.2, 0.25) is 0 Å². The van der Waals surface area contributed by atoms with Crippen LogP contribution in [0.3, 0.4) is 0 Å². The number of piperidine rings is 1. The van der Waals surface area contributed by atoms with Gasteiger partial charge in [-0.1, -0.05) is 13.8 Å². The van der Waals surface area contributed by atoms with Crippen LogP contribution in [0, 0.1) is 11.3 Å². The van der Waals surface area contributed by atoms with Crippen molar-refractivity contribution in [2.24, 2.45) is 11.3 Å². The molecule has 0 aromatic rings. The smallest absolute Gasteiger partial charge is 0.00499 e. The first-order chi connectivity index (χ1) is 9.05. The topological polar surface area (TPSA) is 18.5 Å². The third-order valence-electron chi connectivity index (χ3n) is 4.94. The van der Waals surface area contributed by atoms with E-state index in [-0.39, 0.29) is 0 Å². The van der Waals surface area contributed by atoms with Gasteiger partial charge in [-0.15, -0.1) is 0 Å². The number of nitrogens with zero attached hydrogens (tertiary/aromatic N) is 2. The van der Waals surface area contributed by atoms with Crippen molar-refractivity contribution in [2.75, 3.05) is 53.9 Å². The molecule has 1 N–H and O–H groups in total. The van der Waals surface area contributed by atoms with E-state index in [1.807, 2.05) is 0 Å². The zero-order valence-corrected chi connectivity index (χ0v) is 13.8. The van der Waals surface area contributed by atoms with Crippen molar-refractivity contribution in [3.8, 4) is 0 Å². The Labute approximate surface area is 120 Å². The lowest BCUT2D eigenvalue weighted by Crippen LogP contribution is -2.46. The largest absolute Gasteiger partial charge is 0.319 e. The summed E-state index contributed by atoms with van der Waals surface area (Å²) < 4.78 is 0. The first-order valence-corrected chi connectivity index (χ1v) is 8.07. The van der Waals surface area contributed by atoms with E-state index in [1.54, 1.807) is 0 Å². The Bertz CT molecular complexity index is 228. The van der Waals surface area contributed by atoms with Crippen molar-refractivity contribution in [3.05, 3.63) is 0 Å². The van der Waals surface area contributed by atoms with Crippen LogP contribution in [-0.2, 0) is 0 Å². The van der Waals surface area contributed by atoms with Gasteiger partial charge in [0.05, 0.1) is 0 Å². The zero-order chi connectivity index (χ0) is 14.3. The third kappa shape index (κ3) is 5.41. The molecular weight excluding hydrogens is 234 g/mol. The normalized spacial score (nSPS) is 19.3. The van der Waals surface area contributed by atoms with Gasteiger partial charge < -0.3 is 15.1 Å². The fraction of sp³-hybridized carbons (Fsp3) is 1.00. The van der Waals surface area contributed by atoms with Gasteiger partial charge >= 0.3 is 0 Å². The standard InChI is InChI=1S/C16H35N3/c1-6-16(7-2,13-17-3)14-19-10-8-15(9-11-19)12-18(4)5/h15,17H,6-14H2,1-5H3. The highest BCUT2D eigenvalue weighted by Gasteiger charge is 2.30. The molecule has 0 saturated carbocycles. The quantitative estimate of drug-likeness (QED) is 0.729. The molecule has 1 aliphatic heterocycles. The zero-order valence-electron chi connectivity index (χ0n) is 13.8. The van der Waals surface area contributed by atoms with E-state index in [9.17, 15) is 0 Å². The molecule has 3 heteroatoms. The van der Waals surface area contributed by atoms with Gasteiger partial charge in [0.1, 0.15) is 0 Å². The Morgan fingerprint density at radius 1 is 1.16 bits per heavy atom. The summed E-state index contributed by atoms with van der Waals surface area (Å²) in [4.78, 5) is 5.04. The molecule has 0 radical (unpaired) electrons. The Hall–Kier alpha value is -0.120. The Balaban J connectivity index is 2.42. The van der Waals surface area contributed by atoms with Crippen LogP contribution in [0.1, 0.15) is 39.5 Å². The van der Waals surface area contributed by atoms with E-state index in [1.165, 1.54) is 51.9 Å². The van der Waals surface area contributed by atoms with E-state index < -0.39 is 0 Å². The molecule has 0 atom stereocenters. The summed E-state index contributed by atoms with van der Waals surface area (Å²) in [5, 5.41) is 3.40. The lowest BCUT2D eigenvalue weighted by molar-refractivity contribution is 0.0950. The van der Waals surface area contributed by atoms with E-state index in [0.717, 1.165) is 12.5 Å². The van der Waals surface area contributed by atoms with E-state index in [2.05, 4.69) is 50.1 Å². The highest BCUT2D eigenvalue weighted by atomic mass is 15.1. The van der Waals surface area contributed by atoms with Crippen molar-refractivity contribution >= 4 is 0 Å². The number of rotatable bonds is 8. The average molecular weight is 269 g/mol. The molecule has 3 nitrogen and oxygen atoms in total. The lowest BCUT2D eigenvalue weighted by atomic mass is 9.81. The van der Waals surface area contributed by atoms with Crippen LogP contribution in [0.5, 0.6) is 0 Å². The monoisotopic (exact) mass is 269 g/mol. The summed E-state index contributed by atoms with van der Waals surface area (Å²) >= 11 is 0. The van der Waals surface area contributed by atoms with Gasteiger partial charge in [0.15, 0.2) is 0 Å². The molecule has 0 aromatic carbocycles. The second kappa shape index (κ2) is 8.23. The van der Waals surface area contributed by atoms with Crippen molar-refractivity contribution in [3.63, 3.8) is 0 Å². The number of hydrogen-bond acceptors (Lipinski definition) is 3. The number of likely N-dealkylation sites (tertiary alicyclic amines) is 1. The molecule has 0 bridgehead atoms. The van der Waals surface area contributed by atoms with Crippen molar-refractivity contribution in [1.29, 1.82) is 0 Å². The van der Waals surface area contributed by atoms with Gasteiger partial charge in [0.25, 0.3) is 0 Å². The Morgan fingerprint density at radius 3 is 2.16 bits per heavy atom. The minimum Gasteiger partial charge on any atom is -0.319 e. The minimum absolute atomic E-state index is 0.475. The van der Waals surface area contributed by atoms with Crippen molar-refractivity contribution in [2.45, 2.75) is 39.5 Å². The lowest BCUT2D eigenvalue weighted by Gasteiger charge is -2.40. The van der Waals surface area contributed by atoms with Crippen LogP contribution in [0.15, 0.2) is 0 Å². The number of nitrogens with one attached hydrogen (secondary N) is 1. The molecule has 1 saturated heterocycles. The highest BCUT2D eigenvalue weighted by Crippen LogP contribution is 2.29. The molecule has 0 amide bonds. The van der Waals surface area contributed by atoms with E-state index >= 15 is 0 Å². The SMILES string of the molecule is CCC(CC)(CNC)CN1CCC(CN(C)C)CC1. The summed E-state index contributed by atoms with van der Waals surface area (Å²) in [5.74, 6) is 0.910. The molecule has 0 unspecified atom stereocenters. The van der Waals surface area contributed by atoms with Gasteiger partial charge in [-0.3, -0.25) is 0 Å². The first kappa shape index (κ1) is 16.9. The predicted octanol–water partition coefficient (Wildman–Crippen LogP) is 2.29. The van der Waals surface area contributed by atoms with Crippen molar-refractivity contribution in [1.82, 2.24) is 15.1 Å². The van der Waals surface area contributed by atoms with Crippen LogP contribution < -0.4 is 5.32 Å². The maximum atomic E-state index is 3.40.